The summed E-state index contributed by atoms with van der Waals surface area (Å²) >= 11 is 1.61. The largest absolute Gasteiger partial charge is 0.476 e. The molecule has 0 spiro atoms. The van der Waals surface area contributed by atoms with E-state index < -0.39 is 48.6 Å². The second-order valence-corrected chi connectivity index (χ2v) is 20.8. The molecular formula is C39H44N12O8S4. The Kier molecular flexibility index (Phi) is 13.7. The van der Waals surface area contributed by atoms with E-state index in [4.69, 9.17) is 5.11 Å². The Morgan fingerprint density at radius 3 is 1.56 bits per heavy atom. The lowest BCUT2D eigenvalue weighted by Gasteiger charge is -2.30. The number of carbonyl (C=O) groups excluding carboxylic acids is 2. The van der Waals surface area contributed by atoms with Gasteiger partial charge in [-0.3, -0.25) is 10.6 Å². The summed E-state index contributed by atoms with van der Waals surface area (Å²) < 4.78 is 50.1. The molecule has 63 heavy (non-hydrogen) atoms. The molecule has 0 unspecified atom stereocenters. The highest BCUT2D eigenvalue weighted by Crippen LogP contribution is 2.33. The molecule has 2 saturated heterocycles. The molecule has 2 aliphatic heterocycles. The lowest BCUT2D eigenvalue weighted by atomic mass is 10.1. The van der Waals surface area contributed by atoms with Crippen LogP contribution in [0.3, 0.4) is 0 Å². The summed E-state index contributed by atoms with van der Waals surface area (Å²) in [5.41, 5.74) is 5.08. The Labute approximate surface area is 370 Å². The first-order valence-electron chi connectivity index (χ1n) is 19.7. The number of aromatic nitrogens is 6. The number of benzene rings is 2. The summed E-state index contributed by atoms with van der Waals surface area (Å²) in [5.74, 6) is -1.35. The van der Waals surface area contributed by atoms with Crippen LogP contribution < -0.4 is 31.1 Å². The number of thiazole rings is 2. The minimum absolute atomic E-state index is 0.00269. The van der Waals surface area contributed by atoms with Gasteiger partial charge in [-0.1, -0.05) is 34.8 Å². The number of H-pyrrole nitrogens is 2. The minimum atomic E-state index is -4.10. The van der Waals surface area contributed by atoms with Crippen LogP contribution in [0.4, 0.5) is 42.6 Å². The van der Waals surface area contributed by atoms with E-state index in [-0.39, 0.29) is 23.8 Å². The number of urea groups is 2. The molecule has 2 aliphatic rings. The standard InChI is InChI=1S/C20H22N6O5S2.C19H22N6O3S2/c1-12-5-6-13(15(9-12)26-7-3-2-4-8-26)23-18(29)25-19-21-11-16(32-19)33(30,31)20-22-10-14(24-20)17(27)28;1-13-5-6-14(15(11-13)25-9-3-2-4-10-25)23-17(26)24-18-22-12-16(29-18)30(27,28)19-20-7-8-21-19/h5-6,9-11H,2-4,7-8H2,1H3,(H,22,24)(H,27,28)(H2,21,23,25,29);5-8,11-12H,2-4,9-10H2,1H3,(H,20,21)(H2,22,23,24,26). The van der Waals surface area contributed by atoms with Crippen molar-refractivity contribution in [2.24, 2.45) is 0 Å². The maximum atomic E-state index is 12.7. The third-order valence-corrected chi connectivity index (χ3v) is 15.8. The number of piperidine rings is 2. The predicted molar refractivity (Wildman–Crippen MR) is 239 cm³/mol. The average molecular weight is 937 g/mol. The van der Waals surface area contributed by atoms with Gasteiger partial charge in [-0.15, -0.1) is 0 Å². The number of anilines is 6. The molecule has 4 aromatic heterocycles. The van der Waals surface area contributed by atoms with Crippen molar-refractivity contribution in [1.29, 1.82) is 0 Å². The Bertz CT molecular complexity index is 2810. The number of hydrogen-bond donors (Lipinski definition) is 7. The van der Waals surface area contributed by atoms with Crippen molar-refractivity contribution in [3.8, 4) is 0 Å². The van der Waals surface area contributed by atoms with Crippen molar-refractivity contribution < 1.29 is 36.3 Å². The molecule has 0 bridgehead atoms. The van der Waals surface area contributed by atoms with Crippen molar-refractivity contribution in [1.82, 2.24) is 29.9 Å². The number of nitrogens with one attached hydrogen (secondary N) is 6. The molecular weight excluding hydrogens is 893 g/mol. The van der Waals surface area contributed by atoms with Gasteiger partial charge >= 0.3 is 18.0 Å². The zero-order valence-electron chi connectivity index (χ0n) is 34.0. The molecule has 6 heterocycles. The predicted octanol–water partition coefficient (Wildman–Crippen LogP) is 6.98. The molecule has 4 amide bonds. The summed E-state index contributed by atoms with van der Waals surface area (Å²) in [7, 11) is -7.89. The van der Waals surface area contributed by atoms with Crippen molar-refractivity contribution in [3.05, 3.63) is 84.2 Å². The first-order chi connectivity index (χ1) is 30.2. The van der Waals surface area contributed by atoms with Crippen molar-refractivity contribution >= 4 is 93.4 Å². The van der Waals surface area contributed by atoms with E-state index in [1.807, 2.05) is 44.2 Å². The van der Waals surface area contributed by atoms with Gasteiger partial charge < -0.3 is 35.5 Å². The van der Waals surface area contributed by atoms with E-state index in [0.717, 1.165) is 109 Å². The van der Waals surface area contributed by atoms with Gasteiger partial charge in [0.1, 0.15) is 8.42 Å². The molecule has 332 valence electrons. The molecule has 6 aromatic rings. The molecule has 2 fully saturated rings. The Balaban J connectivity index is 0.000000190. The Morgan fingerprint density at radius 2 is 1.13 bits per heavy atom. The number of imidazole rings is 2. The molecule has 0 aliphatic carbocycles. The third kappa shape index (κ3) is 10.8. The maximum absolute atomic E-state index is 12.7. The van der Waals surface area contributed by atoms with Gasteiger partial charge in [0.05, 0.1) is 35.1 Å². The molecule has 8 rings (SSSR count). The molecule has 20 nitrogen and oxygen atoms in total. The van der Waals surface area contributed by atoms with Crippen LogP contribution in [0, 0.1) is 13.8 Å². The summed E-state index contributed by atoms with van der Waals surface area (Å²) in [5, 5.41) is 19.4. The van der Waals surface area contributed by atoms with Crippen LogP contribution in [-0.2, 0) is 19.7 Å². The van der Waals surface area contributed by atoms with Crippen LogP contribution in [0.2, 0.25) is 0 Å². The van der Waals surface area contributed by atoms with Crippen LogP contribution >= 0.6 is 22.7 Å². The number of carboxylic acids is 1. The Morgan fingerprint density at radius 1 is 0.651 bits per heavy atom. The Hall–Kier alpha value is -6.37. The third-order valence-electron chi connectivity index (χ3n) is 9.89. The molecule has 0 radical (unpaired) electrons. The minimum Gasteiger partial charge on any atom is -0.476 e. The van der Waals surface area contributed by atoms with Gasteiger partial charge in [-0.05, 0) is 87.8 Å². The van der Waals surface area contributed by atoms with Gasteiger partial charge in [0.15, 0.2) is 16.0 Å². The normalized spacial score (nSPS) is 14.3. The number of aromatic carboxylic acids is 1. The van der Waals surface area contributed by atoms with Crippen LogP contribution in [0.25, 0.3) is 0 Å². The van der Waals surface area contributed by atoms with Crippen molar-refractivity contribution in [2.45, 2.75) is 71.1 Å². The molecule has 2 aromatic carbocycles. The van der Waals surface area contributed by atoms with E-state index in [0.29, 0.717) is 11.4 Å². The SMILES string of the molecule is Cc1ccc(NC(=O)Nc2ncc(S(=O)(=O)c3nc(C(=O)O)c[nH]3)s2)c(N2CCCCC2)c1.Cc1ccc(NC(=O)Nc2ncc(S(=O)(=O)c3ncc[nH]3)s2)c(N2CCCCC2)c1. The van der Waals surface area contributed by atoms with E-state index in [2.05, 4.69) is 67.0 Å². The van der Waals surface area contributed by atoms with E-state index in [9.17, 15) is 31.2 Å². The van der Waals surface area contributed by atoms with Crippen LogP contribution in [0.15, 0.2) is 86.1 Å². The van der Waals surface area contributed by atoms with Crippen LogP contribution in [0.5, 0.6) is 0 Å². The molecule has 24 heteroatoms. The fraction of sp³-hybridized carbons (Fsp3) is 0.308. The summed E-state index contributed by atoms with van der Waals surface area (Å²) in [6.45, 7) is 7.77. The topological polar surface area (TPSA) is 277 Å². The van der Waals surface area contributed by atoms with Crippen molar-refractivity contribution in [3.63, 3.8) is 0 Å². The molecule has 7 N–H and O–H groups in total. The number of amides is 4. The first kappa shape index (κ1) is 44.7. The lowest BCUT2D eigenvalue weighted by Crippen LogP contribution is -2.31. The zero-order valence-corrected chi connectivity index (χ0v) is 37.3. The van der Waals surface area contributed by atoms with Gasteiger partial charge in [-0.25, -0.2) is 51.2 Å². The lowest BCUT2D eigenvalue weighted by molar-refractivity contribution is 0.0690. The number of nitrogens with zero attached hydrogens (tertiary/aromatic N) is 6. The number of rotatable bonds is 11. The highest BCUT2D eigenvalue weighted by molar-refractivity contribution is 7.93. The highest BCUT2D eigenvalue weighted by Gasteiger charge is 2.27. The quantitative estimate of drug-likeness (QED) is 0.0690. The van der Waals surface area contributed by atoms with Gasteiger partial charge in [-0.2, -0.15) is 0 Å². The summed E-state index contributed by atoms with van der Waals surface area (Å²) in [6.07, 6.45) is 13.0. The number of aromatic amines is 2. The second-order valence-electron chi connectivity index (χ2n) is 14.6. The molecule has 0 saturated carbocycles. The monoisotopic (exact) mass is 936 g/mol. The molecule has 0 atom stereocenters. The number of carbonyl (C=O) groups is 3. The van der Waals surface area contributed by atoms with Gasteiger partial charge in [0, 0.05) is 44.8 Å². The van der Waals surface area contributed by atoms with E-state index in [1.165, 1.54) is 31.4 Å². The van der Waals surface area contributed by atoms with Gasteiger partial charge in [0.25, 0.3) is 19.7 Å². The highest BCUT2D eigenvalue weighted by atomic mass is 32.2. The second kappa shape index (κ2) is 19.3. The summed E-state index contributed by atoms with van der Waals surface area (Å²) in [4.78, 5) is 60.9. The average Bonchev–Trinajstić information content (AvgIpc) is 4.12. The zero-order chi connectivity index (χ0) is 44.7. The fourth-order valence-electron chi connectivity index (χ4n) is 6.81. The smallest absolute Gasteiger partial charge is 0.356 e. The number of aryl methyl sites for hydroxylation is 2. The maximum Gasteiger partial charge on any atom is 0.356 e. The van der Waals surface area contributed by atoms with E-state index in [1.54, 1.807) is 0 Å². The number of hydrogen-bond acceptors (Lipinski definition) is 15. The van der Waals surface area contributed by atoms with Gasteiger partial charge in [0.2, 0.25) is 10.3 Å². The van der Waals surface area contributed by atoms with Crippen LogP contribution in [0.1, 0.15) is 60.1 Å². The van der Waals surface area contributed by atoms with Crippen molar-refractivity contribution in [2.75, 3.05) is 57.2 Å². The summed E-state index contributed by atoms with van der Waals surface area (Å²) in [6, 6.07) is 10.6. The first-order valence-corrected chi connectivity index (χ1v) is 24.3. The fourth-order valence-corrected chi connectivity index (χ4v) is 11.3. The number of carboxylic acid groups (broad SMARTS) is 1. The van der Waals surface area contributed by atoms with E-state index >= 15 is 0 Å². The van der Waals surface area contributed by atoms with Crippen LogP contribution in [-0.4, -0.2) is 96.1 Å². The number of sulfone groups is 2.